The standard InChI is InChI=1S/C14H15N3O2/c15-11-3-4-13(12(8-11)14(18)19)17-7-5-10-2-1-6-16-9-10/h1-4,6,8-9,17H,5,7,15H2,(H,18,19). The molecule has 5 nitrogen and oxygen atoms in total. The zero-order valence-electron chi connectivity index (χ0n) is 10.3. The van der Waals surface area contributed by atoms with Gasteiger partial charge in [-0.15, -0.1) is 0 Å². The van der Waals surface area contributed by atoms with Crippen molar-refractivity contribution in [2.75, 3.05) is 17.6 Å². The number of hydrogen-bond acceptors (Lipinski definition) is 4. The Morgan fingerprint density at radius 3 is 2.89 bits per heavy atom. The minimum atomic E-state index is -0.990. The van der Waals surface area contributed by atoms with E-state index < -0.39 is 5.97 Å². The van der Waals surface area contributed by atoms with Crippen molar-refractivity contribution in [2.24, 2.45) is 0 Å². The highest BCUT2D eigenvalue weighted by molar-refractivity contribution is 5.95. The fourth-order valence-corrected chi connectivity index (χ4v) is 1.78. The Morgan fingerprint density at radius 1 is 1.37 bits per heavy atom. The molecule has 0 saturated carbocycles. The molecule has 0 aliphatic rings. The second-order valence-electron chi connectivity index (χ2n) is 4.15. The number of nitrogens with zero attached hydrogens (tertiary/aromatic N) is 1. The highest BCUT2D eigenvalue weighted by Crippen LogP contribution is 2.18. The van der Waals surface area contributed by atoms with E-state index in [9.17, 15) is 4.79 Å². The van der Waals surface area contributed by atoms with Crippen LogP contribution < -0.4 is 11.1 Å². The lowest BCUT2D eigenvalue weighted by molar-refractivity contribution is 0.0698. The molecule has 5 heteroatoms. The monoisotopic (exact) mass is 257 g/mol. The number of rotatable bonds is 5. The summed E-state index contributed by atoms with van der Waals surface area (Å²) in [5, 5.41) is 12.2. The quantitative estimate of drug-likeness (QED) is 0.713. The molecule has 1 heterocycles. The van der Waals surface area contributed by atoms with Gasteiger partial charge in [0.15, 0.2) is 0 Å². The maximum atomic E-state index is 11.1. The number of carbonyl (C=O) groups is 1. The van der Waals surface area contributed by atoms with Crippen molar-refractivity contribution in [2.45, 2.75) is 6.42 Å². The Morgan fingerprint density at radius 2 is 2.21 bits per heavy atom. The number of pyridine rings is 1. The average molecular weight is 257 g/mol. The Balaban J connectivity index is 2.02. The minimum absolute atomic E-state index is 0.186. The molecular weight excluding hydrogens is 242 g/mol. The van der Waals surface area contributed by atoms with Crippen LogP contribution in [0, 0.1) is 0 Å². The SMILES string of the molecule is Nc1ccc(NCCc2cccnc2)c(C(=O)O)c1. The van der Waals surface area contributed by atoms with E-state index in [4.69, 9.17) is 10.8 Å². The van der Waals surface area contributed by atoms with Crippen molar-refractivity contribution in [1.82, 2.24) is 4.98 Å². The molecule has 0 atom stereocenters. The normalized spacial score (nSPS) is 10.1. The fraction of sp³-hybridized carbons (Fsp3) is 0.143. The van der Waals surface area contributed by atoms with Crippen molar-refractivity contribution in [1.29, 1.82) is 0 Å². The molecule has 0 radical (unpaired) electrons. The number of aromatic carboxylic acids is 1. The molecule has 1 aromatic carbocycles. The van der Waals surface area contributed by atoms with Crippen LogP contribution in [-0.2, 0) is 6.42 Å². The maximum Gasteiger partial charge on any atom is 0.337 e. The van der Waals surface area contributed by atoms with E-state index in [0.29, 0.717) is 17.9 Å². The first kappa shape index (κ1) is 12.9. The number of nitrogens with two attached hydrogens (primary N) is 1. The van der Waals surface area contributed by atoms with Gasteiger partial charge in [0.1, 0.15) is 0 Å². The molecule has 4 N–H and O–H groups in total. The third-order valence-corrected chi connectivity index (χ3v) is 2.73. The lowest BCUT2D eigenvalue weighted by Gasteiger charge is -2.10. The van der Waals surface area contributed by atoms with E-state index in [2.05, 4.69) is 10.3 Å². The summed E-state index contributed by atoms with van der Waals surface area (Å²) in [7, 11) is 0. The maximum absolute atomic E-state index is 11.1. The van der Waals surface area contributed by atoms with Crippen molar-refractivity contribution in [3.05, 3.63) is 53.9 Å². The number of benzene rings is 1. The predicted octanol–water partition coefficient (Wildman–Crippen LogP) is 2.02. The number of anilines is 2. The smallest absolute Gasteiger partial charge is 0.337 e. The molecule has 0 aliphatic heterocycles. The van der Waals surface area contributed by atoms with Crippen LogP contribution in [0.4, 0.5) is 11.4 Å². The first-order valence-corrected chi connectivity index (χ1v) is 5.92. The van der Waals surface area contributed by atoms with E-state index in [0.717, 1.165) is 12.0 Å². The van der Waals surface area contributed by atoms with E-state index in [1.807, 2.05) is 12.1 Å². The van der Waals surface area contributed by atoms with Gasteiger partial charge in [0.05, 0.1) is 5.56 Å². The largest absolute Gasteiger partial charge is 0.478 e. The molecule has 2 rings (SSSR count). The fourth-order valence-electron chi connectivity index (χ4n) is 1.78. The highest BCUT2D eigenvalue weighted by Gasteiger charge is 2.09. The first-order chi connectivity index (χ1) is 9.16. The number of hydrogen-bond donors (Lipinski definition) is 3. The van der Waals surface area contributed by atoms with Gasteiger partial charge >= 0.3 is 5.97 Å². The minimum Gasteiger partial charge on any atom is -0.478 e. The molecule has 0 unspecified atom stereocenters. The Bertz CT molecular complexity index is 570. The number of carboxylic acid groups (broad SMARTS) is 1. The molecule has 2 aromatic rings. The van der Waals surface area contributed by atoms with Gasteiger partial charge in [-0.3, -0.25) is 4.98 Å². The summed E-state index contributed by atoms with van der Waals surface area (Å²) < 4.78 is 0. The summed E-state index contributed by atoms with van der Waals surface area (Å²) in [6.45, 7) is 0.635. The second-order valence-corrected chi connectivity index (χ2v) is 4.15. The summed E-state index contributed by atoms with van der Waals surface area (Å²) in [6.07, 6.45) is 4.29. The molecule has 0 spiro atoms. The van der Waals surface area contributed by atoms with Gasteiger partial charge in [-0.1, -0.05) is 6.07 Å². The van der Waals surface area contributed by atoms with Gasteiger partial charge < -0.3 is 16.2 Å². The van der Waals surface area contributed by atoms with Crippen LogP contribution in [-0.4, -0.2) is 22.6 Å². The molecule has 1 aromatic heterocycles. The van der Waals surface area contributed by atoms with E-state index >= 15 is 0 Å². The topological polar surface area (TPSA) is 88.2 Å². The lowest BCUT2D eigenvalue weighted by Crippen LogP contribution is -2.10. The number of carboxylic acids is 1. The summed E-state index contributed by atoms with van der Waals surface area (Å²) in [6, 6.07) is 8.67. The first-order valence-electron chi connectivity index (χ1n) is 5.92. The molecule has 19 heavy (non-hydrogen) atoms. The van der Waals surface area contributed by atoms with Crippen LogP contribution in [0.5, 0.6) is 0 Å². The van der Waals surface area contributed by atoms with Gasteiger partial charge in [0, 0.05) is 30.3 Å². The van der Waals surface area contributed by atoms with Crippen LogP contribution in [0.3, 0.4) is 0 Å². The van der Waals surface area contributed by atoms with Crippen LogP contribution in [0.1, 0.15) is 15.9 Å². The van der Waals surface area contributed by atoms with Gasteiger partial charge in [-0.05, 0) is 36.2 Å². The van der Waals surface area contributed by atoms with Gasteiger partial charge in [0.2, 0.25) is 0 Å². The number of aromatic nitrogens is 1. The summed E-state index contributed by atoms with van der Waals surface area (Å²) in [5.41, 5.74) is 7.89. The van der Waals surface area contributed by atoms with Crippen molar-refractivity contribution in [3.8, 4) is 0 Å². The molecule has 0 aliphatic carbocycles. The molecule has 0 amide bonds. The Kier molecular flexibility index (Phi) is 3.97. The van der Waals surface area contributed by atoms with Crippen LogP contribution in [0.15, 0.2) is 42.7 Å². The molecular formula is C14H15N3O2. The predicted molar refractivity (Wildman–Crippen MR) is 74.2 cm³/mol. The van der Waals surface area contributed by atoms with Crippen molar-refractivity contribution in [3.63, 3.8) is 0 Å². The summed E-state index contributed by atoms with van der Waals surface area (Å²) >= 11 is 0. The van der Waals surface area contributed by atoms with Crippen molar-refractivity contribution < 1.29 is 9.90 Å². The van der Waals surface area contributed by atoms with Crippen LogP contribution >= 0.6 is 0 Å². The number of nitrogen functional groups attached to an aromatic ring is 1. The van der Waals surface area contributed by atoms with Gasteiger partial charge in [0.25, 0.3) is 0 Å². The van der Waals surface area contributed by atoms with E-state index in [-0.39, 0.29) is 5.56 Å². The van der Waals surface area contributed by atoms with E-state index in [1.54, 1.807) is 24.5 Å². The van der Waals surface area contributed by atoms with Crippen LogP contribution in [0.2, 0.25) is 0 Å². The van der Waals surface area contributed by atoms with Crippen LogP contribution in [0.25, 0.3) is 0 Å². The summed E-state index contributed by atoms with van der Waals surface area (Å²) in [4.78, 5) is 15.1. The third kappa shape index (κ3) is 3.45. The van der Waals surface area contributed by atoms with Crippen molar-refractivity contribution >= 4 is 17.3 Å². The molecule has 98 valence electrons. The third-order valence-electron chi connectivity index (χ3n) is 2.73. The Labute approximate surface area is 111 Å². The molecule has 0 saturated heterocycles. The molecule has 0 fully saturated rings. The lowest BCUT2D eigenvalue weighted by atomic mass is 10.1. The average Bonchev–Trinajstić information content (AvgIpc) is 2.41. The van der Waals surface area contributed by atoms with E-state index in [1.165, 1.54) is 6.07 Å². The zero-order chi connectivity index (χ0) is 13.7. The van der Waals surface area contributed by atoms with Gasteiger partial charge in [-0.25, -0.2) is 4.79 Å². The molecule has 0 bridgehead atoms. The zero-order valence-corrected chi connectivity index (χ0v) is 10.3. The summed E-state index contributed by atoms with van der Waals surface area (Å²) in [5.74, 6) is -0.990. The highest BCUT2D eigenvalue weighted by atomic mass is 16.4. The van der Waals surface area contributed by atoms with Gasteiger partial charge in [-0.2, -0.15) is 0 Å². The Hall–Kier alpha value is -2.56. The second kappa shape index (κ2) is 5.86. The number of nitrogens with one attached hydrogen (secondary N) is 1.